The second-order valence-electron chi connectivity index (χ2n) is 6.95. The standard InChI is InChI=1S/C20H22N2O3/c23-16-9-12-22-17(18(16)25-13-15-7-3-1-4-8-15)19(24)20(14-21-22)10-5-2-6-11-20/h1,3-4,7-9,12,14,19,24H,2,5-6,10-11,13H2. The van der Waals surface area contributed by atoms with Gasteiger partial charge in [0.1, 0.15) is 18.4 Å². The first-order valence-electron chi connectivity index (χ1n) is 8.85. The van der Waals surface area contributed by atoms with E-state index in [9.17, 15) is 9.90 Å². The second-order valence-corrected chi connectivity index (χ2v) is 6.95. The van der Waals surface area contributed by atoms with Gasteiger partial charge in [-0.3, -0.25) is 4.79 Å². The molecule has 1 atom stereocenters. The lowest BCUT2D eigenvalue weighted by atomic mass is 9.69. The molecule has 1 N–H and O–H groups in total. The summed E-state index contributed by atoms with van der Waals surface area (Å²) in [5.74, 6) is 0.209. The summed E-state index contributed by atoms with van der Waals surface area (Å²) in [6, 6.07) is 11.1. The monoisotopic (exact) mass is 338 g/mol. The van der Waals surface area contributed by atoms with Crippen molar-refractivity contribution in [3.63, 3.8) is 0 Å². The number of rotatable bonds is 3. The molecule has 5 nitrogen and oxygen atoms in total. The van der Waals surface area contributed by atoms with Gasteiger partial charge in [0.2, 0.25) is 5.43 Å². The molecule has 0 radical (unpaired) electrons. The minimum absolute atomic E-state index is 0.209. The van der Waals surface area contributed by atoms with E-state index in [1.54, 1.807) is 10.9 Å². The van der Waals surface area contributed by atoms with E-state index in [1.165, 1.54) is 12.5 Å². The average molecular weight is 338 g/mol. The van der Waals surface area contributed by atoms with Crippen molar-refractivity contribution in [1.82, 2.24) is 4.68 Å². The molecule has 130 valence electrons. The van der Waals surface area contributed by atoms with Crippen molar-refractivity contribution in [1.29, 1.82) is 0 Å². The highest BCUT2D eigenvalue weighted by molar-refractivity contribution is 5.69. The van der Waals surface area contributed by atoms with Gasteiger partial charge in [0, 0.05) is 23.9 Å². The molecular formula is C20H22N2O3. The molecule has 2 aromatic rings. The highest BCUT2D eigenvalue weighted by Crippen LogP contribution is 2.47. The van der Waals surface area contributed by atoms with Gasteiger partial charge in [-0.15, -0.1) is 0 Å². The Balaban J connectivity index is 1.70. The summed E-state index contributed by atoms with van der Waals surface area (Å²) >= 11 is 0. The van der Waals surface area contributed by atoms with Crippen molar-refractivity contribution in [2.24, 2.45) is 10.5 Å². The van der Waals surface area contributed by atoms with Crippen LogP contribution in [0.4, 0.5) is 0 Å². The number of aromatic nitrogens is 1. The number of nitrogens with zero attached hydrogens (tertiary/aromatic N) is 2. The van der Waals surface area contributed by atoms with Crippen molar-refractivity contribution in [3.05, 3.63) is 64.1 Å². The number of ether oxygens (including phenoxy) is 1. The van der Waals surface area contributed by atoms with Crippen LogP contribution in [-0.4, -0.2) is 16.0 Å². The SMILES string of the molecule is O=c1ccn2c(c1OCc1ccccc1)C(O)C1(C=N2)CCCCC1. The number of benzene rings is 1. The van der Waals surface area contributed by atoms with Crippen LogP contribution in [0.3, 0.4) is 0 Å². The molecule has 2 heterocycles. The maximum Gasteiger partial charge on any atom is 0.223 e. The zero-order chi connectivity index (χ0) is 17.3. The molecule has 25 heavy (non-hydrogen) atoms. The molecule has 1 fully saturated rings. The van der Waals surface area contributed by atoms with E-state index in [0.29, 0.717) is 5.69 Å². The largest absolute Gasteiger partial charge is 0.483 e. The third-order valence-electron chi connectivity index (χ3n) is 5.32. The molecule has 1 aliphatic carbocycles. The van der Waals surface area contributed by atoms with Gasteiger partial charge < -0.3 is 9.84 Å². The van der Waals surface area contributed by atoms with E-state index in [-0.39, 0.29) is 23.2 Å². The molecule has 1 aromatic heterocycles. The summed E-state index contributed by atoms with van der Waals surface area (Å²) in [7, 11) is 0. The molecule has 1 aromatic carbocycles. The number of hydrogen-bond acceptors (Lipinski definition) is 4. The van der Waals surface area contributed by atoms with Gasteiger partial charge >= 0.3 is 0 Å². The van der Waals surface area contributed by atoms with Gasteiger partial charge in [-0.25, -0.2) is 4.68 Å². The summed E-state index contributed by atoms with van der Waals surface area (Å²) in [6.07, 6.45) is 7.79. The van der Waals surface area contributed by atoms with E-state index in [0.717, 1.165) is 31.2 Å². The molecule has 0 saturated heterocycles. The fraction of sp³-hybridized carbons (Fsp3) is 0.400. The van der Waals surface area contributed by atoms with Gasteiger partial charge in [-0.1, -0.05) is 49.6 Å². The summed E-state index contributed by atoms with van der Waals surface area (Å²) in [4.78, 5) is 12.4. The molecular weight excluding hydrogens is 316 g/mol. The molecule has 4 rings (SSSR count). The topological polar surface area (TPSA) is 63.8 Å². The Morgan fingerprint density at radius 2 is 1.92 bits per heavy atom. The Bertz CT molecular complexity index is 836. The third kappa shape index (κ3) is 2.89. The fourth-order valence-electron chi connectivity index (χ4n) is 3.88. The van der Waals surface area contributed by atoms with Crippen LogP contribution in [0.15, 0.2) is 52.5 Å². The first kappa shape index (κ1) is 16.1. The molecule has 1 spiro atoms. The predicted molar refractivity (Wildman–Crippen MR) is 95.8 cm³/mol. The van der Waals surface area contributed by atoms with Crippen LogP contribution in [0.5, 0.6) is 5.75 Å². The number of pyridine rings is 1. The Hall–Kier alpha value is -2.40. The number of aliphatic hydroxyl groups is 1. The van der Waals surface area contributed by atoms with E-state index < -0.39 is 6.10 Å². The van der Waals surface area contributed by atoms with E-state index >= 15 is 0 Å². The maximum absolute atomic E-state index is 12.4. The Morgan fingerprint density at radius 3 is 2.68 bits per heavy atom. The van der Waals surface area contributed by atoms with Gasteiger partial charge in [-0.2, -0.15) is 5.10 Å². The van der Waals surface area contributed by atoms with Crippen LogP contribution in [0.2, 0.25) is 0 Å². The maximum atomic E-state index is 12.4. The van der Waals surface area contributed by atoms with Crippen molar-refractivity contribution in [2.75, 3.05) is 0 Å². The molecule has 0 amide bonds. The lowest BCUT2D eigenvalue weighted by Gasteiger charge is -2.41. The van der Waals surface area contributed by atoms with Gasteiger partial charge in [0.25, 0.3) is 0 Å². The van der Waals surface area contributed by atoms with Crippen LogP contribution in [0, 0.1) is 5.41 Å². The Kier molecular flexibility index (Phi) is 4.17. The lowest BCUT2D eigenvalue weighted by molar-refractivity contribution is 0.0336. The van der Waals surface area contributed by atoms with Crippen molar-refractivity contribution >= 4 is 6.21 Å². The minimum atomic E-state index is -0.773. The fourth-order valence-corrected chi connectivity index (χ4v) is 3.88. The summed E-state index contributed by atoms with van der Waals surface area (Å²) in [5, 5.41) is 15.6. The molecule has 1 aliphatic heterocycles. The van der Waals surface area contributed by atoms with E-state index in [1.807, 2.05) is 36.5 Å². The first-order valence-corrected chi connectivity index (χ1v) is 8.85. The molecule has 5 heteroatoms. The lowest BCUT2D eigenvalue weighted by Crippen LogP contribution is -2.38. The highest BCUT2D eigenvalue weighted by Gasteiger charge is 2.43. The number of aliphatic hydroxyl groups excluding tert-OH is 1. The van der Waals surface area contributed by atoms with Crippen LogP contribution < -0.4 is 10.2 Å². The van der Waals surface area contributed by atoms with Crippen LogP contribution in [-0.2, 0) is 6.61 Å². The third-order valence-corrected chi connectivity index (χ3v) is 5.32. The molecule has 2 aliphatic rings. The molecule has 1 unspecified atom stereocenters. The Morgan fingerprint density at radius 1 is 1.16 bits per heavy atom. The van der Waals surface area contributed by atoms with Crippen LogP contribution in [0.25, 0.3) is 0 Å². The van der Waals surface area contributed by atoms with E-state index in [2.05, 4.69) is 5.10 Å². The highest BCUT2D eigenvalue weighted by atomic mass is 16.5. The normalized spacial score (nSPS) is 21.1. The Labute approximate surface area is 146 Å². The zero-order valence-corrected chi connectivity index (χ0v) is 14.1. The smallest absolute Gasteiger partial charge is 0.223 e. The molecule has 0 bridgehead atoms. The van der Waals surface area contributed by atoms with Crippen molar-refractivity contribution < 1.29 is 9.84 Å². The quantitative estimate of drug-likeness (QED) is 0.934. The van der Waals surface area contributed by atoms with Gasteiger partial charge in [0.05, 0.1) is 0 Å². The van der Waals surface area contributed by atoms with Crippen molar-refractivity contribution in [2.45, 2.75) is 44.8 Å². The summed E-state index contributed by atoms with van der Waals surface area (Å²) in [5.41, 5.74) is 0.861. The average Bonchev–Trinajstić information content (AvgIpc) is 2.66. The predicted octanol–water partition coefficient (Wildman–Crippen LogP) is 3.26. The first-order chi connectivity index (χ1) is 12.2. The van der Waals surface area contributed by atoms with Crippen molar-refractivity contribution in [3.8, 4) is 5.75 Å². The van der Waals surface area contributed by atoms with Gasteiger partial charge in [-0.05, 0) is 18.4 Å². The number of fused-ring (bicyclic) bond motifs is 1. The van der Waals surface area contributed by atoms with Crippen LogP contribution in [0.1, 0.15) is 49.5 Å². The summed E-state index contributed by atoms with van der Waals surface area (Å²) < 4.78 is 7.43. The zero-order valence-electron chi connectivity index (χ0n) is 14.1. The van der Waals surface area contributed by atoms with Crippen LogP contribution >= 0.6 is 0 Å². The minimum Gasteiger partial charge on any atom is -0.483 e. The number of hydrogen-bond donors (Lipinski definition) is 1. The second kappa shape index (κ2) is 6.48. The summed E-state index contributed by atoms with van der Waals surface area (Å²) in [6.45, 7) is 0.288. The van der Waals surface area contributed by atoms with E-state index in [4.69, 9.17) is 4.74 Å². The molecule has 1 saturated carbocycles. The van der Waals surface area contributed by atoms with Gasteiger partial charge in [0.15, 0.2) is 5.75 Å².